The van der Waals surface area contributed by atoms with Crippen LogP contribution in [0, 0.1) is 6.85 Å². The molecule has 9 heavy (non-hydrogen) atoms. The monoisotopic (exact) mass is 148 g/mol. The molecule has 1 N–H and O–H groups in total. The summed E-state index contributed by atoms with van der Waals surface area (Å²) in [5, 5.41) is -0.550. The van der Waals surface area contributed by atoms with Gasteiger partial charge in [-0.3, -0.25) is 4.79 Å². The van der Waals surface area contributed by atoms with Crippen molar-refractivity contribution in [1.29, 1.82) is 0 Å². The summed E-state index contributed by atoms with van der Waals surface area (Å²) in [5.41, 5.74) is -1.44. The summed E-state index contributed by atoms with van der Waals surface area (Å²) < 4.78 is 35.5. The molecule has 0 aliphatic rings. The van der Waals surface area contributed by atoms with Gasteiger partial charge < -0.3 is 4.98 Å². The quantitative estimate of drug-likeness (QED) is 0.592. The lowest BCUT2D eigenvalue weighted by Gasteiger charge is -1.90. The molecule has 0 unspecified atom stereocenters. The number of aromatic nitrogens is 1. The fourth-order valence-corrected chi connectivity index (χ4v) is 0.468. The van der Waals surface area contributed by atoms with Crippen molar-refractivity contribution < 1.29 is 6.85 Å². The highest BCUT2D eigenvalue weighted by Crippen LogP contribution is 2.05. The minimum atomic E-state index is -2.65. The maximum absolute atomic E-state index is 11.0. The fourth-order valence-electron chi connectivity index (χ4n) is 0.374. The van der Waals surface area contributed by atoms with Gasteiger partial charge in [-0.2, -0.15) is 0 Å². The van der Waals surface area contributed by atoms with Gasteiger partial charge in [0.15, 0.2) is 0 Å². The Labute approximate surface area is 64.5 Å². The Morgan fingerprint density at radius 1 is 2.00 bits per heavy atom. The van der Waals surface area contributed by atoms with Gasteiger partial charge in [0.05, 0.1) is 2.74 Å². The van der Waals surface area contributed by atoms with Crippen molar-refractivity contribution in [3.63, 3.8) is 0 Å². The second kappa shape index (κ2) is 2.23. The van der Waals surface area contributed by atoms with Gasteiger partial charge >= 0.3 is 0 Å². The van der Waals surface area contributed by atoms with E-state index in [1.807, 2.05) is 4.98 Å². The molecule has 3 heteroatoms. The predicted octanol–water partition coefficient (Wildman–Crippen LogP) is 1.34. The van der Waals surface area contributed by atoms with E-state index in [1.54, 1.807) is 0 Å². The SMILES string of the molecule is [2H]c1[nH]c(=O)c(Cl)c(C([2H])([2H])[2H])c1[2H]. The van der Waals surface area contributed by atoms with E-state index < -0.39 is 35.2 Å². The van der Waals surface area contributed by atoms with E-state index in [4.69, 9.17) is 18.5 Å². The molecule has 1 aromatic rings. The van der Waals surface area contributed by atoms with E-state index in [9.17, 15) is 4.79 Å². The Morgan fingerprint density at radius 3 is 3.44 bits per heavy atom. The molecule has 0 aliphatic carbocycles. The van der Waals surface area contributed by atoms with Crippen molar-refractivity contribution in [2.45, 2.75) is 6.85 Å². The normalized spacial score (nSPS) is 19.0. The average Bonchev–Trinajstić information content (AvgIpc) is 1.98. The average molecular weight is 149 g/mol. The van der Waals surface area contributed by atoms with Gasteiger partial charge in [-0.1, -0.05) is 11.6 Å². The molecule has 1 rings (SSSR count). The predicted molar refractivity (Wildman–Crippen MR) is 36.8 cm³/mol. The molecule has 1 aromatic heterocycles. The number of nitrogens with one attached hydrogen (secondary N) is 1. The summed E-state index contributed by atoms with van der Waals surface area (Å²) in [5.74, 6) is 0. The van der Waals surface area contributed by atoms with Crippen LogP contribution in [0.4, 0.5) is 0 Å². The number of rotatable bonds is 0. The third kappa shape index (κ3) is 1.13. The van der Waals surface area contributed by atoms with Crippen LogP contribution in [0.5, 0.6) is 0 Å². The molecule has 0 saturated carbocycles. The number of halogens is 1. The van der Waals surface area contributed by atoms with Crippen LogP contribution in [-0.4, -0.2) is 4.98 Å². The molecule has 0 saturated heterocycles. The highest BCUT2D eigenvalue weighted by atomic mass is 35.5. The van der Waals surface area contributed by atoms with Gasteiger partial charge in [0.25, 0.3) is 5.56 Å². The number of H-pyrrole nitrogens is 1. The molecule has 0 aliphatic heterocycles. The van der Waals surface area contributed by atoms with Crippen molar-refractivity contribution in [2.75, 3.05) is 0 Å². The molecule has 2 nitrogen and oxygen atoms in total. The van der Waals surface area contributed by atoms with Gasteiger partial charge in [0.1, 0.15) is 5.02 Å². The Balaban J connectivity index is 3.65. The molecule has 0 bridgehead atoms. The summed E-state index contributed by atoms with van der Waals surface area (Å²) in [4.78, 5) is 13.0. The lowest BCUT2D eigenvalue weighted by molar-refractivity contribution is 1.21. The Morgan fingerprint density at radius 2 is 2.78 bits per heavy atom. The molecule has 48 valence electrons. The first-order valence-electron chi connectivity index (χ1n) is 4.64. The molecule has 0 radical (unpaired) electrons. The lowest BCUT2D eigenvalue weighted by Crippen LogP contribution is -2.05. The Kier molecular flexibility index (Phi) is 0.611. The maximum Gasteiger partial charge on any atom is 0.266 e. The summed E-state index contributed by atoms with van der Waals surface area (Å²) in [6.07, 6.45) is -0.550. The first-order valence-corrected chi connectivity index (χ1v) is 2.52. The zero-order valence-electron chi connectivity index (χ0n) is 9.29. The number of hydrogen-bond donors (Lipinski definition) is 1. The van der Waals surface area contributed by atoms with Crippen LogP contribution >= 0.6 is 11.6 Å². The minimum absolute atomic E-state index is 0.550. The van der Waals surface area contributed by atoms with E-state index >= 15 is 0 Å². The van der Waals surface area contributed by atoms with Gasteiger partial charge in [-0.25, -0.2) is 0 Å². The Hall–Kier alpha value is -0.760. The van der Waals surface area contributed by atoms with Crippen LogP contribution in [0.1, 0.15) is 12.4 Å². The van der Waals surface area contributed by atoms with Gasteiger partial charge in [-0.15, -0.1) is 0 Å². The first kappa shape index (κ1) is 2.46. The van der Waals surface area contributed by atoms with E-state index in [-0.39, 0.29) is 0 Å². The molecular weight excluding hydrogens is 138 g/mol. The van der Waals surface area contributed by atoms with E-state index in [2.05, 4.69) is 0 Å². The van der Waals surface area contributed by atoms with Crippen molar-refractivity contribution in [3.8, 4) is 0 Å². The smallest absolute Gasteiger partial charge is 0.266 e. The first-order chi connectivity index (χ1) is 6.25. The standard InChI is InChI=1S/C6H6ClNO/c1-4-2-3-8-6(9)5(4)7/h2-3H,1H3,(H,8,9)/i1D3,2D,3D. The van der Waals surface area contributed by atoms with Gasteiger partial charge in [0, 0.05) is 10.3 Å². The largest absolute Gasteiger partial charge is 0.328 e. The summed E-state index contributed by atoms with van der Waals surface area (Å²) in [6.45, 7) is -2.65. The second-order valence-electron chi connectivity index (χ2n) is 1.39. The molecule has 0 spiro atoms. The van der Waals surface area contributed by atoms with Crippen LogP contribution in [0.2, 0.25) is 5.02 Å². The maximum atomic E-state index is 11.0. The van der Waals surface area contributed by atoms with E-state index in [0.717, 1.165) is 0 Å². The van der Waals surface area contributed by atoms with Crippen molar-refractivity contribution in [3.05, 3.63) is 33.2 Å². The van der Waals surface area contributed by atoms with Crippen molar-refractivity contribution in [1.82, 2.24) is 4.98 Å². The molecule has 0 atom stereocenters. The highest BCUT2D eigenvalue weighted by Gasteiger charge is 1.95. The fraction of sp³-hybridized carbons (Fsp3) is 0.167. The van der Waals surface area contributed by atoms with Crippen LogP contribution in [-0.2, 0) is 0 Å². The summed E-state index contributed by atoms with van der Waals surface area (Å²) >= 11 is 5.45. The zero-order valence-corrected chi connectivity index (χ0v) is 5.04. The van der Waals surface area contributed by atoms with Crippen LogP contribution in [0.15, 0.2) is 17.0 Å². The van der Waals surface area contributed by atoms with Crippen molar-refractivity contribution >= 4 is 11.6 Å². The van der Waals surface area contributed by atoms with Crippen molar-refractivity contribution in [2.24, 2.45) is 0 Å². The Bertz CT molecular complexity index is 423. The third-order valence-electron chi connectivity index (χ3n) is 0.782. The molecule has 0 fully saturated rings. The lowest BCUT2D eigenvalue weighted by atomic mass is 10.3. The van der Waals surface area contributed by atoms with Gasteiger partial charge in [0.2, 0.25) is 0 Å². The van der Waals surface area contributed by atoms with Crippen LogP contribution in [0.25, 0.3) is 0 Å². The van der Waals surface area contributed by atoms with Crippen LogP contribution < -0.4 is 5.56 Å². The molecule has 0 amide bonds. The van der Waals surface area contributed by atoms with Gasteiger partial charge in [-0.05, 0) is 18.5 Å². The second-order valence-corrected chi connectivity index (χ2v) is 1.77. The van der Waals surface area contributed by atoms with E-state index in [1.165, 1.54) is 0 Å². The number of pyridine rings is 1. The third-order valence-corrected chi connectivity index (χ3v) is 1.14. The zero-order chi connectivity index (χ0) is 11.1. The molecule has 1 heterocycles. The van der Waals surface area contributed by atoms with E-state index in [0.29, 0.717) is 0 Å². The van der Waals surface area contributed by atoms with Crippen LogP contribution in [0.3, 0.4) is 0 Å². The summed E-state index contributed by atoms with van der Waals surface area (Å²) in [7, 11) is 0. The highest BCUT2D eigenvalue weighted by molar-refractivity contribution is 6.31. The molecule has 0 aromatic carbocycles. The number of hydrogen-bond acceptors (Lipinski definition) is 1. The minimum Gasteiger partial charge on any atom is -0.328 e. The number of aromatic amines is 1. The molecular formula is C6H6ClNO. The topological polar surface area (TPSA) is 32.9 Å². The summed E-state index contributed by atoms with van der Waals surface area (Å²) in [6, 6.07) is -0.574.